The van der Waals surface area contributed by atoms with Gasteiger partial charge in [0.1, 0.15) is 17.1 Å². The fourth-order valence-corrected chi connectivity index (χ4v) is 2.03. The predicted octanol–water partition coefficient (Wildman–Crippen LogP) is 3.15. The molecular weight excluding hydrogens is 226 g/mol. The maximum Gasteiger partial charge on any atom is 0.130 e. The second-order valence-electron chi connectivity index (χ2n) is 4.02. The van der Waals surface area contributed by atoms with Crippen LogP contribution in [-0.4, -0.2) is 22.1 Å². The summed E-state index contributed by atoms with van der Waals surface area (Å²) in [6.07, 6.45) is 5.67. The van der Waals surface area contributed by atoms with Gasteiger partial charge in [-0.05, 0) is 25.1 Å². The van der Waals surface area contributed by atoms with Crippen LogP contribution in [0, 0.1) is 0 Å². The van der Waals surface area contributed by atoms with Crippen molar-refractivity contribution < 1.29 is 4.74 Å². The molecule has 0 atom stereocenters. The van der Waals surface area contributed by atoms with Crippen LogP contribution < -0.4 is 4.74 Å². The molecule has 0 amide bonds. The molecule has 0 aliphatic rings. The third-order valence-electron chi connectivity index (χ3n) is 2.87. The van der Waals surface area contributed by atoms with Crippen LogP contribution in [0.5, 0.6) is 5.75 Å². The molecule has 3 aromatic rings. The van der Waals surface area contributed by atoms with Gasteiger partial charge in [-0.25, -0.2) is 4.98 Å². The van der Waals surface area contributed by atoms with Crippen LogP contribution in [0.3, 0.4) is 0 Å². The van der Waals surface area contributed by atoms with Gasteiger partial charge in [-0.2, -0.15) is 0 Å². The van der Waals surface area contributed by atoms with Crippen LogP contribution in [0.2, 0.25) is 0 Å². The number of H-pyrrole nitrogens is 1. The Bertz CT molecular complexity index is 743. The summed E-state index contributed by atoms with van der Waals surface area (Å²) < 4.78 is 5.20. The molecule has 4 heteroatoms. The Hall–Kier alpha value is -2.36. The summed E-state index contributed by atoms with van der Waals surface area (Å²) in [6.45, 7) is 1.97. The molecule has 0 bridgehead atoms. The molecule has 0 fully saturated rings. The Kier molecular flexibility index (Phi) is 2.48. The minimum atomic E-state index is 0.808. The number of benzene rings is 1. The fraction of sp³-hybridized carbons (Fsp3) is 0.143. The Labute approximate surface area is 104 Å². The van der Waals surface area contributed by atoms with Gasteiger partial charge in [-0.15, -0.1) is 0 Å². The van der Waals surface area contributed by atoms with E-state index >= 15 is 0 Å². The first-order valence-electron chi connectivity index (χ1n) is 5.77. The van der Waals surface area contributed by atoms with Gasteiger partial charge in [-0.3, -0.25) is 4.98 Å². The van der Waals surface area contributed by atoms with Gasteiger partial charge in [0.25, 0.3) is 0 Å². The molecule has 0 aliphatic carbocycles. The summed E-state index contributed by atoms with van der Waals surface area (Å²) in [6, 6.07) is 5.85. The van der Waals surface area contributed by atoms with Crippen molar-refractivity contribution in [3.8, 4) is 5.75 Å². The lowest BCUT2D eigenvalue weighted by molar-refractivity contribution is 0.415. The van der Waals surface area contributed by atoms with Gasteiger partial charge < -0.3 is 9.72 Å². The van der Waals surface area contributed by atoms with Crippen molar-refractivity contribution in [2.24, 2.45) is 0 Å². The zero-order chi connectivity index (χ0) is 12.5. The van der Waals surface area contributed by atoms with E-state index in [0.29, 0.717) is 0 Å². The van der Waals surface area contributed by atoms with Gasteiger partial charge in [0.05, 0.1) is 24.3 Å². The zero-order valence-corrected chi connectivity index (χ0v) is 10.3. The largest absolute Gasteiger partial charge is 0.497 e. The highest BCUT2D eigenvalue weighted by Gasteiger charge is 2.06. The van der Waals surface area contributed by atoms with Gasteiger partial charge in [0, 0.05) is 11.5 Å². The first-order valence-corrected chi connectivity index (χ1v) is 5.77. The van der Waals surface area contributed by atoms with E-state index in [1.807, 2.05) is 37.3 Å². The number of allylic oxidation sites excluding steroid dienone is 1. The lowest BCUT2D eigenvalue weighted by Crippen LogP contribution is -1.85. The highest BCUT2D eigenvalue weighted by atomic mass is 16.5. The molecule has 3 rings (SSSR count). The van der Waals surface area contributed by atoms with Gasteiger partial charge >= 0.3 is 0 Å². The lowest BCUT2D eigenvalue weighted by atomic mass is 10.2. The molecule has 0 saturated carbocycles. The number of imidazole rings is 1. The summed E-state index contributed by atoms with van der Waals surface area (Å²) >= 11 is 0. The van der Waals surface area contributed by atoms with Crippen LogP contribution in [0.25, 0.3) is 28.0 Å². The summed E-state index contributed by atoms with van der Waals surface area (Å²) in [5.74, 6) is 1.65. The molecule has 1 N–H and O–H groups in total. The monoisotopic (exact) mass is 239 g/mol. The van der Waals surface area contributed by atoms with Crippen molar-refractivity contribution in [1.82, 2.24) is 15.0 Å². The molecule has 2 heterocycles. The first-order chi connectivity index (χ1) is 8.81. The fourth-order valence-electron chi connectivity index (χ4n) is 2.03. The third-order valence-corrected chi connectivity index (χ3v) is 2.87. The van der Waals surface area contributed by atoms with Crippen molar-refractivity contribution in [3.05, 3.63) is 36.3 Å². The number of hydrogen-bond acceptors (Lipinski definition) is 3. The molecule has 0 unspecified atom stereocenters. The smallest absolute Gasteiger partial charge is 0.130 e. The second kappa shape index (κ2) is 4.14. The van der Waals surface area contributed by atoms with Gasteiger partial charge in [0.15, 0.2) is 0 Å². The molecular formula is C14H13N3O. The maximum atomic E-state index is 5.20. The summed E-state index contributed by atoms with van der Waals surface area (Å²) in [4.78, 5) is 12.2. The average molecular weight is 239 g/mol. The van der Waals surface area contributed by atoms with Crippen molar-refractivity contribution in [1.29, 1.82) is 0 Å². The molecule has 1 aromatic carbocycles. The number of ether oxygens (including phenoxy) is 1. The highest BCUT2D eigenvalue weighted by molar-refractivity contribution is 6.02. The number of methoxy groups -OCH3 is 1. The summed E-state index contributed by atoms with van der Waals surface area (Å²) in [7, 11) is 1.65. The molecule has 0 radical (unpaired) electrons. The van der Waals surface area contributed by atoms with E-state index in [0.717, 1.165) is 33.5 Å². The molecule has 0 saturated heterocycles. The Morgan fingerprint density at radius 3 is 2.94 bits per heavy atom. The van der Waals surface area contributed by atoms with Crippen LogP contribution in [0.4, 0.5) is 0 Å². The molecule has 4 nitrogen and oxygen atoms in total. The van der Waals surface area contributed by atoms with Crippen molar-refractivity contribution >= 4 is 28.0 Å². The number of pyridine rings is 1. The van der Waals surface area contributed by atoms with Crippen LogP contribution in [0.15, 0.2) is 30.5 Å². The van der Waals surface area contributed by atoms with E-state index in [9.17, 15) is 0 Å². The van der Waals surface area contributed by atoms with E-state index in [1.54, 1.807) is 13.3 Å². The topological polar surface area (TPSA) is 50.8 Å². The first kappa shape index (κ1) is 10.8. The van der Waals surface area contributed by atoms with E-state index < -0.39 is 0 Å². The van der Waals surface area contributed by atoms with E-state index in [-0.39, 0.29) is 0 Å². The Morgan fingerprint density at radius 1 is 1.28 bits per heavy atom. The average Bonchev–Trinajstić information content (AvgIpc) is 2.81. The van der Waals surface area contributed by atoms with Crippen molar-refractivity contribution in [2.45, 2.75) is 6.92 Å². The quantitative estimate of drug-likeness (QED) is 0.747. The van der Waals surface area contributed by atoms with Gasteiger partial charge in [-0.1, -0.05) is 6.08 Å². The highest BCUT2D eigenvalue weighted by Crippen LogP contribution is 2.25. The zero-order valence-electron chi connectivity index (χ0n) is 10.3. The predicted molar refractivity (Wildman–Crippen MR) is 72.7 cm³/mol. The molecule has 0 aliphatic heterocycles. The second-order valence-corrected chi connectivity index (χ2v) is 4.02. The van der Waals surface area contributed by atoms with E-state index in [4.69, 9.17) is 4.74 Å². The van der Waals surface area contributed by atoms with Crippen LogP contribution in [0.1, 0.15) is 12.7 Å². The Balaban J connectivity index is 2.31. The van der Waals surface area contributed by atoms with Crippen molar-refractivity contribution in [2.75, 3.05) is 7.11 Å². The number of aromatic amines is 1. The number of hydrogen-bond donors (Lipinski definition) is 1. The maximum absolute atomic E-state index is 5.20. The number of rotatable bonds is 2. The standard InChI is InChI=1S/C14H13N3O/c1-3-4-13-16-12-8-15-11-7-9(18-2)5-6-10(11)14(12)17-13/h3-8H,1-2H3,(H,16,17). The molecule has 90 valence electrons. The van der Waals surface area contributed by atoms with E-state index in [2.05, 4.69) is 15.0 Å². The third kappa shape index (κ3) is 1.62. The minimum Gasteiger partial charge on any atom is -0.497 e. The number of nitrogens with zero attached hydrogens (tertiary/aromatic N) is 2. The Morgan fingerprint density at radius 2 is 2.17 bits per heavy atom. The van der Waals surface area contributed by atoms with Crippen molar-refractivity contribution in [3.63, 3.8) is 0 Å². The molecule has 18 heavy (non-hydrogen) atoms. The number of aromatic nitrogens is 3. The van der Waals surface area contributed by atoms with Crippen LogP contribution in [-0.2, 0) is 0 Å². The van der Waals surface area contributed by atoms with Gasteiger partial charge in [0.2, 0.25) is 0 Å². The lowest BCUT2D eigenvalue weighted by Gasteiger charge is -2.01. The summed E-state index contributed by atoms with van der Waals surface area (Å²) in [5.41, 5.74) is 2.79. The van der Waals surface area contributed by atoms with Crippen LogP contribution >= 0.6 is 0 Å². The summed E-state index contributed by atoms with van der Waals surface area (Å²) in [5, 5.41) is 1.05. The normalized spacial score (nSPS) is 11.7. The number of fused-ring (bicyclic) bond motifs is 3. The van der Waals surface area contributed by atoms with E-state index in [1.165, 1.54) is 0 Å². The SMILES string of the molecule is CC=Cc1nc2cnc3cc(OC)ccc3c2[nH]1. The minimum absolute atomic E-state index is 0.808. The number of nitrogens with one attached hydrogen (secondary N) is 1. The molecule has 0 spiro atoms. The molecule has 2 aromatic heterocycles.